The first kappa shape index (κ1) is 15.6. The van der Waals surface area contributed by atoms with Crippen molar-refractivity contribution in [3.05, 3.63) is 72.4 Å². The van der Waals surface area contributed by atoms with Gasteiger partial charge in [-0.3, -0.25) is 0 Å². The molecule has 0 aliphatic rings. The van der Waals surface area contributed by atoms with Gasteiger partial charge in [-0.25, -0.2) is 4.39 Å². The number of halogens is 1. The average molecular weight is 285 g/mol. The molecule has 111 valence electrons. The Labute approximate surface area is 126 Å². The van der Waals surface area contributed by atoms with Crippen molar-refractivity contribution in [3.8, 4) is 5.75 Å². The first-order valence-corrected chi connectivity index (χ1v) is 7.54. The third kappa shape index (κ3) is 5.22. The van der Waals surface area contributed by atoms with Crippen molar-refractivity contribution in [2.75, 3.05) is 0 Å². The topological polar surface area (TPSA) is 9.23 Å². The highest BCUT2D eigenvalue weighted by molar-refractivity contribution is 5.28. The molecule has 2 rings (SSSR count). The smallest absolute Gasteiger partial charge is 0.129 e. The molecule has 0 heterocycles. The van der Waals surface area contributed by atoms with Crippen LogP contribution in [0.15, 0.2) is 48.5 Å². The average Bonchev–Trinajstić information content (AvgIpc) is 2.52. The first-order valence-electron chi connectivity index (χ1n) is 7.54. The maximum absolute atomic E-state index is 13.5. The van der Waals surface area contributed by atoms with Crippen LogP contribution in [0, 0.1) is 12.7 Å². The minimum atomic E-state index is -0.223. The summed E-state index contributed by atoms with van der Waals surface area (Å²) in [6.07, 6.45) is 5.74. The van der Waals surface area contributed by atoms with Crippen LogP contribution in [0.2, 0.25) is 0 Å². The number of hydrogen-bond donors (Lipinski definition) is 0. The number of benzene rings is 2. The molecule has 0 spiro atoms. The highest BCUT2D eigenvalue weighted by Crippen LogP contribution is 2.17. The van der Waals surface area contributed by atoms with Gasteiger partial charge in [0.15, 0.2) is 0 Å². The van der Waals surface area contributed by atoms with Crippen LogP contribution in [0.25, 0.3) is 0 Å². The van der Waals surface area contributed by atoms with Gasteiger partial charge in [-0.05, 0) is 36.6 Å². The van der Waals surface area contributed by atoms with Gasteiger partial charge in [-0.2, -0.15) is 0 Å². The second-order valence-corrected chi connectivity index (χ2v) is 5.19. The number of rotatable bonds is 8. The Morgan fingerprint density at radius 3 is 2.38 bits per heavy atom. The summed E-state index contributed by atoms with van der Waals surface area (Å²) in [5.74, 6) is 0.555. The lowest BCUT2D eigenvalue weighted by molar-refractivity contribution is 0.300. The predicted octanol–water partition coefficient (Wildman–Crippen LogP) is 5.34. The minimum Gasteiger partial charge on any atom is -0.489 e. The van der Waals surface area contributed by atoms with Crippen LogP contribution in [-0.4, -0.2) is 0 Å². The summed E-state index contributed by atoms with van der Waals surface area (Å²) in [5.41, 5.74) is 1.90. The summed E-state index contributed by atoms with van der Waals surface area (Å²) < 4.78 is 19.1. The van der Waals surface area contributed by atoms with Crippen molar-refractivity contribution in [2.24, 2.45) is 0 Å². The van der Waals surface area contributed by atoms with Gasteiger partial charge in [-0.15, -0.1) is 0 Å². The highest BCUT2D eigenvalue weighted by atomic mass is 19.1. The van der Waals surface area contributed by atoms with Crippen molar-refractivity contribution >= 4 is 0 Å². The molecule has 2 aromatic carbocycles. The molecular weight excluding hydrogens is 263 g/mol. The fraction of sp³-hybridized carbons (Fsp3) is 0.316. The standard InChI is InChI=1S/C19H22FO/c1-2-3-4-5-8-16-11-13-18(14-12-16)21-15-17-9-6-7-10-19(17)20/h6-7,9-14H,1-5,8,15H2. The van der Waals surface area contributed by atoms with E-state index in [1.807, 2.05) is 18.2 Å². The molecule has 0 aliphatic carbocycles. The van der Waals surface area contributed by atoms with Crippen molar-refractivity contribution in [3.63, 3.8) is 0 Å². The zero-order valence-electron chi connectivity index (χ0n) is 12.4. The molecule has 0 amide bonds. The fourth-order valence-corrected chi connectivity index (χ4v) is 2.21. The van der Waals surface area contributed by atoms with E-state index in [2.05, 4.69) is 19.1 Å². The van der Waals surface area contributed by atoms with Gasteiger partial charge in [0.1, 0.15) is 18.2 Å². The first-order chi connectivity index (χ1) is 10.3. The Hall–Kier alpha value is -1.83. The quantitative estimate of drug-likeness (QED) is 0.595. The van der Waals surface area contributed by atoms with E-state index in [0.29, 0.717) is 5.56 Å². The number of aryl methyl sites for hydroxylation is 1. The van der Waals surface area contributed by atoms with E-state index in [-0.39, 0.29) is 12.4 Å². The van der Waals surface area contributed by atoms with Gasteiger partial charge in [0.25, 0.3) is 0 Å². The third-order valence-electron chi connectivity index (χ3n) is 3.49. The van der Waals surface area contributed by atoms with Gasteiger partial charge < -0.3 is 4.74 Å². The number of unbranched alkanes of at least 4 members (excludes halogenated alkanes) is 3. The fourth-order valence-electron chi connectivity index (χ4n) is 2.21. The van der Waals surface area contributed by atoms with Crippen LogP contribution in [-0.2, 0) is 13.0 Å². The molecule has 0 atom stereocenters. The molecule has 2 heteroatoms. The molecule has 21 heavy (non-hydrogen) atoms. The SMILES string of the molecule is [CH2]CCCCCc1ccc(OCc2ccccc2F)cc1. The van der Waals surface area contributed by atoms with Crippen molar-refractivity contribution in [1.82, 2.24) is 0 Å². The summed E-state index contributed by atoms with van der Waals surface area (Å²) in [6, 6.07) is 14.8. The monoisotopic (exact) mass is 285 g/mol. The molecule has 0 saturated carbocycles. The molecule has 0 aromatic heterocycles. The van der Waals surface area contributed by atoms with Crippen LogP contribution >= 0.6 is 0 Å². The molecule has 1 nitrogen and oxygen atoms in total. The van der Waals surface area contributed by atoms with Gasteiger partial charge >= 0.3 is 0 Å². The van der Waals surface area contributed by atoms with Crippen LogP contribution in [0.1, 0.15) is 36.8 Å². The van der Waals surface area contributed by atoms with E-state index in [1.54, 1.807) is 12.1 Å². The normalized spacial score (nSPS) is 10.6. The molecule has 2 aromatic rings. The Morgan fingerprint density at radius 1 is 0.905 bits per heavy atom. The maximum Gasteiger partial charge on any atom is 0.129 e. The zero-order valence-corrected chi connectivity index (χ0v) is 12.4. The molecule has 0 saturated heterocycles. The summed E-state index contributed by atoms with van der Waals surface area (Å²) in [5, 5.41) is 0. The second-order valence-electron chi connectivity index (χ2n) is 5.19. The summed E-state index contributed by atoms with van der Waals surface area (Å²) in [7, 11) is 0. The molecule has 0 bridgehead atoms. The Bertz CT molecular complexity index is 534. The van der Waals surface area contributed by atoms with E-state index in [1.165, 1.54) is 30.9 Å². The predicted molar refractivity (Wildman–Crippen MR) is 84.7 cm³/mol. The number of hydrogen-bond acceptors (Lipinski definition) is 1. The minimum absolute atomic E-state index is 0.223. The lowest BCUT2D eigenvalue weighted by Crippen LogP contribution is -1.98. The Morgan fingerprint density at radius 2 is 1.67 bits per heavy atom. The Kier molecular flexibility index (Phi) is 6.26. The van der Waals surface area contributed by atoms with E-state index in [9.17, 15) is 4.39 Å². The highest BCUT2D eigenvalue weighted by Gasteiger charge is 2.02. The molecular formula is C19H22FO. The summed E-state index contributed by atoms with van der Waals surface area (Å²) >= 11 is 0. The molecule has 0 fully saturated rings. The molecule has 1 radical (unpaired) electrons. The zero-order chi connectivity index (χ0) is 14.9. The summed E-state index contributed by atoms with van der Waals surface area (Å²) in [4.78, 5) is 0. The lowest BCUT2D eigenvalue weighted by atomic mass is 10.1. The van der Waals surface area contributed by atoms with E-state index < -0.39 is 0 Å². The largest absolute Gasteiger partial charge is 0.489 e. The van der Waals surface area contributed by atoms with Gasteiger partial charge in [0, 0.05) is 5.56 Å². The van der Waals surface area contributed by atoms with E-state index >= 15 is 0 Å². The third-order valence-corrected chi connectivity index (χ3v) is 3.49. The van der Waals surface area contributed by atoms with Crippen molar-refractivity contribution in [2.45, 2.75) is 38.7 Å². The number of ether oxygens (including phenoxy) is 1. The van der Waals surface area contributed by atoms with Crippen LogP contribution in [0.5, 0.6) is 5.75 Å². The van der Waals surface area contributed by atoms with Gasteiger partial charge in [0.05, 0.1) is 0 Å². The lowest BCUT2D eigenvalue weighted by Gasteiger charge is -2.08. The van der Waals surface area contributed by atoms with Gasteiger partial charge in [0.2, 0.25) is 0 Å². The van der Waals surface area contributed by atoms with Gasteiger partial charge in [-0.1, -0.05) is 56.5 Å². The maximum atomic E-state index is 13.5. The molecule has 0 N–H and O–H groups in total. The summed E-state index contributed by atoms with van der Waals surface area (Å²) in [6.45, 7) is 4.11. The molecule has 0 aliphatic heterocycles. The van der Waals surface area contributed by atoms with Crippen molar-refractivity contribution in [1.29, 1.82) is 0 Å². The Balaban J connectivity index is 1.81. The van der Waals surface area contributed by atoms with E-state index in [4.69, 9.17) is 4.74 Å². The van der Waals surface area contributed by atoms with Crippen LogP contribution < -0.4 is 4.74 Å². The second kappa shape index (κ2) is 8.46. The van der Waals surface area contributed by atoms with E-state index in [0.717, 1.165) is 18.6 Å². The molecule has 0 unspecified atom stereocenters. The van der Waals surface area contributed by atoms with Crippen molar-refractivity contribution < 1.29 is 9.13 Å². The van der Waals surface area contributed by atoms with Crippen LogP contribution in [0.4, 0.5) is 4.39 Å². The van der Waals surface area contributed by atoms with Crippen LogP contribution in [0.3, 0.4) is 0 Å².